The molecule has 0 atom stereocenters. The number of aromatic hydroxyl groups is 1. The Labute approximate surface area is 220 Å². The van der Waals surface area contributed by atoms with Crippen molar-refractivity contribution in [1.29, 1.82) is 0 Å². The van der Waals surface area contributed by atoms with E-state index in [-0.39, 0.29) is 5.75 Å². The molecule has 179 valence electrons. The number of hydrogen-bond acceptors (Lipinski definition) is 7. The van der Waals surface area contributed by atoms with Gasteiger partial charge in [0, 0.05) is 0 Å². The van der Waals surface area contributed by atoms with E-state index >= 15 is 0 Å². The number of phenols is 1. The SMILES string of the molecule is COc1cccc(COc2ccc(Sc3ccc(O)cc3)c([As]c3ncnc4nc(C)ccc34)c2)c1. The van der Waals surface area contributed by atoms with Crippen LogP contribution < -0.4 is 18.3 Å². The number of fused-ring (bicyclic) bond motifs is 1. The molecule has 8 heteroatoms. The number of aromatic nitrogens is 3. The normalized spacial score (nSPS) is 11.3. The summed E-state index contributed by atoms with van der Waals surface area (Å²) in [5.74, 6) is 1.86. The van der Waals surface area contributed by atoms with Crippen molar-refractivity contribution < 1.29 is 14.6 Å². The van der Waals surface area contributed by atoms with Gasteiger partial charge in [-0.1, -0.05) is 0 Å². The first-order valence-electron chi connectivity index (χ1n) is 11.2. The first-order valence-corrected chi connectivity index (χ1v) is 13.9. The van der Waals surface area contributed by atoms with E-state index in [0.717, 1.165) is 42.4 Å². The molecule has 0 aliphatic carbocycles. The zero-order chi connectivity index (χ0) is 24.9. The Morgan fingerprint density at radius 2 is 1.78 bits per heavy atom. The summed E-state index contributed by atoms with van der Waals surface area (Å²) < 4.78 is 13.7. The van der Waals surface area contributed by atoms with Crippen LogP contribution in [-0.2, 0) is 6.61 Å². The minimum absolute atomic E-state index is 0.252. The number of hydrogen-bond donors (Lipinski definition) is 1. The van der Waals surface area contributed by atoms with Crippen LogP contribution in [0.1, 0.15) is 11.3 Å². The number of ether oxygens (including phenoxy) is 2. The topological polar surface area (TPSA) is 77.4 Å². The van der Waals surface area contributed by atoms with Crippen LogP contribution in [0.15, 0.2) is 95.0 Å². The molecular formula is C28H23AsN3O3S. The third kappa shape index (κ3) is 5.81. The molecule has 5 aromatic rings. The molecule has 0 amide bonds. The number of benzene rings is 3. The predicted molar refractivity (Wildman–Crippen MR) is 143 cm³/mol. The van der Waals surface area contributed by atoms with E-state index in [4.69, 9.17) is 9.47 Å². The maximum absolute atomic E-state index is 9.67. The van der Waals surface area contributed by atoms with E-state index in [1.54, 1.807) is 37.3 Å². The second kappa shape index (κ2) is 11.0. The molecule has 1 radical (unpaired) electrons. The van der Waals surface area contributed by atoms with Crippen LogP contribution in [0.4, 0.5) is 0 Å². The first-order chi connectivity index (χ1) is 17.6. The average molecular weight is 556 g/mol. The Morgan fingerprint density at radius 1 is 0.917 bits per heavy atom. The van der Waals surface area contributed by atoms with Crippen LogP contribution in [0, 0.1) is 6.92 Å². The van der Waals surface area contributed by atoms with Crippen molar-refractivity contribution in [2.45, 2.75) is 23.3 Å². The van der Waals surface area contributed by atoms with Crippen LogP contribution >= 0.6 is 11.8 Å². The summed E-state index contributed by atoms with van der Waals surface area (Å²) >= 11 is 1.18. The van der Waals surface area contributed by atoms with Gasteiger partial charge in [-0.25, -0.2) is 0 Å². The molecule has 2 heterocycles. The zero-order valence-corrected chi connectivity index (χ0v) is 22.4. The van der Waals surface area contributed by atoms with Gasteiger partial charge < -0.3 is 0 Å². The van der Waals surface area contributed by atoms with E-state index in [1.807, 2.05) is 55.5 Å². The molecule has 0 saturated heterocycles. The molecule has 3 aromatic carbocycles. The second-order valence-electron chi connectivity index (χ2n) is 8.00. The van der Waals surface area contributed by atoms with Gasteiger partial charge in [-0.15, -0.1) is 0 Å². The maximum atomic E-state index is 9.67. The van der Waals surface area contributed by atoms with E-state index in [9.17, 15) is 5.11 Å². The molecule has 0 bridgehead atoms. The third-order valence-electron chi connectivity index (χ3n) is 5.38. The minimum atomic E-state index is -0.476. The zero-order valence-electron chi connectivity index (χ0n) is 19.8. The number of nitrogens with zero attached hydrogens (tertiary/aromatic N) is 3. The number of methoxy groups -OCH3 is 1. The molecule has 0 unspecified atom stereocenters. The molecule has 0 saturated carbocycles. The van der Waals surface area contributed by atoms with Gasteiger partial charge in [0.25, 0.3) is 0 Å². The summed E-state index contributed by atoms with van der Waals surface area (Å²) in [5, 5.41) is 10.6. The average Bonchev–Trinajstić information content (AvgIpc) is 2.90. The van der Waals surface area contributed by atoms with Gasteiger partial charge in [-0.2, -0.15) is 0 Å². The van der Waals surface area contributed by atoms with Crippen LogP contribution in [-0.4, -0.2) is 42.9 Å². The molecule has 0 aliphatic heterocycles. The monoisotopic (exact) mass is 556 g/mol. The van der Waals surface area contributed by atoms with Crippen molar-refractivity contribution >= 4 is 47.4 Å². The van der Waals surface area contributed by atoms with Crippen LogP contribution in [0.3, 0.4) is 0 Å². The van der Waals surface area contributed by atoms with Crippen molar-refractivity contribution in [1.82, 2.24) is 15.0 Å². The van der Waals surface area contributed by atoms with Gasteiger partial charge in [0.1, 0.15) is 0 Å². The van der Waals surface area contributed by atoms with Crippen molar-refractivity contribution in [3.8, 4) is 17.2 Å². The molecule has 2 aromatic heterocycles. The van der Waals surface area contributed by atoms with Gasteiger partial charge in [0.15, 0.2) is 0 Å². The Kier molecular flexibility index (Phi) is 7.40. The molecule has 36 heavy (non-hydrogen) atoms. The standard InChI is InChI=1S/C28H23AsN3O3S/c1-18-6-12-24-27(30-17-31-28(24)32-18)29-25-15-22(35-16-19-4-3-5-21(14-19)34-2)9-13-26(25)36-23-10-7-20(33)8-11-23/h3-15,17,33H,16H2,1-2H3. The van der Waals surface area contributed by atoms with Crippen LogP contribution in [0.2, 0.25) is 0 Å². The fourth-order valence-corrected chi connectivity index (χ4v) is 7.02. The van der Waals surface area contributed by atoms with Crippen LogP contribution in [0.25, 0.3) is 11.0 Å². The summed E-state index contributed by atoms with van der Waals surface area (Å²) in [6, 6.07) is 25.4. The Hall–Kier alpha value is -3.54. The van der Waals surface area contributed by atoms with Gasteiger partial charge in [0.05, 0.1) is 0 Å². The van der Waals surface area contributed by atoms with E-state index in [2.05, 4.69) is 33.2 Å². The Bertz CT molecular complexity index is 1510. The molecule has 5 rings (SSSR count). The van der Waals surface area contributed by atoms with Gasteiger partial charge >= 0.3 is 221 Å². The fourth-order valence-electron chi connectivity index (χ4n) is 3.56. The van der Waals surface area contributed by atoms with Crippen molar-refractivity contribution in [3.05, 3.63) is 96.4 Å². The van der Waals surface area contributed by atoms with Crippen LogP contribution in [0.5, 0.6) is 17.2 Å². The number of phenolic OH excluding ortho intramolecular Hbond substituents is 1. The van der Waals surface area contributed by atoms with Gasteiger partial charge in [-0.3, -0.25) is 0 Å². The third-order valence-corrected chi connectivity index (χ3v) is 9.26. The summed E-state index contributed by atoms with van der Waals surface area (Å²) in [6.07, 6.45) is 1.59. The van der Waals surface area contributed by atoms with Gasteiger partial charge in [0.2, 0.25) is 0 Å². The Morgan fingerprint density at radius 3 is 2.61 bits per heavy atom. The summed E-state index contributed by atoms with van der Waals surface area (Å²) in [6.45, 7) is 2.40. The molecule has 0 spiro atoms. The fraction of sp³-hybridized carbons (Fsp3) is 0.107. The molecular weight excluding hydrogens is 533 g/mol. The molecule has 6 nitrogen and oxygen atoms in total. The molecule has 0 fully saturated rings. The summed E-state index contributed by atoms with van der Waals surface area (Å²) in [5.41, 5.74) is 2.68. The number of rotatable bonds is 8. The van der Waals surface area contributed by atoms with E-state index < -0.39 is 15.8 Å². The predicted octanol–water partition coefficient (Wildman–Crippen LogP) is 4.43. The Balaban J connectivity index is 1.46. The quantitative estimate of drug-likeness (QED) is 0.284. The second-order valence-corrected chi connectivity index (χ2v) is 11.5. The number of pyridine rings is 1. The van der Waals surface area contributed by atoms with Gasteiger partial charge in [-0.05, 0) is 0 Å². The van der Waals surface area contributed by atoms with Crippen molar-refractivity contribution in [2.75, 3.05) is 7.11 Å². The first kappa shape index (κ1) is 24.2. The summed E-state index contributed by atoms with van der Waals surface area (Å²) in [7, 11) is 1.66. The molecule has 0 aliphatic rings. The number of aryl methyl sites for hydroxylation is 1. The van der Waals surface area contributed by atoms with Crippen molar-refractivity contribution in [2.24, 2.45) is 0 Å². The molecule has 1 N–H and O–H groups in total. The van der Waals surface area contributed by atoms with E-state index in [1.165, 1.54) is 4.35 Å². The van der Waals surface area contributed by atoms with Crippen molar-refractivity contribution in [3.63, 3.8) is 0 Å². The van der Waals surface area contributed by atoms with E-state index in [0.29, 0.717) is 12.3 Å². The summed E-state index contributed by atoms with van der Waals surface area (Å²) in [4.78, 5) is 15.7.